The monoisotopic (exact) mass is 332 g/mol. The van der Waals surface area contributed by atoms with Crippen molar-refractivity contribution in [3.63, 3.8) is 0 Å². The molecule has 0 unspecified atom stereocenters. The highest BCUT2D eigenvalue weighted by atomic mass is 35.5. The van der Waals surface area contributed by atoms with E-state index in [2.05, 4.69) is 15.6 Å². The molecule has 2 aromatic rings. The molecule has 1 heterocycles. The number of nitrogens with zero attached hydrogens (tertiary/aromatic N) is 2. The van der Waals surface area contributed by atoms with E-state index in [-0.39, 0.29) is 12.1 Å². The summed E-state index contributed by atoms with van der Waals surface area (Å²) >= 11 is 6.01. The molecule has 122 valence electrons. The van der Waals surface area contributed by atoms with Crippen LogP contribution in [-0.2, 0) is 13.5 Å². The summed E-state index contributed by atoms with van der Waals surface area (Å²) < 4.78 is 1.96. The van der Waals surface area contributed by atoms with Crippen LogP contribution in [0.15, 0.2) is 30.6 Å². The van der Waals surface area contributed by atoms with Crippen molar-refractivity contribution >= 4 is 23.3 Å². The summed E-state index contributed by atoms with van der Waals surface area (Å²) in [4.78, 5) is 16.8. The molecule has 2 N–H and O–H groups in total. The van der Waals surface area contributed by atoms with E-state index in [0.717, 1.165) is 36.3 Å². The van der Waals surface area contributed by atoms with Crippen molar-refractivity contribution in [2.24, 2.45) is 13.0 Å². The Kier molecular flexibility index (Phi) is 4.57. The summed E-state index contributed by atoms with van der Waals surface area (Å²) in [6.45, 7) is 2.04. The van der Waals surface area contributed by atoms with E-state index in [1.165, 1.54) is 0 Å². The molecular formula is C17H21ClN4O. The normalized spacial score (nSPS) is 15.3. The maximum atomic E-state index is 12.4. The molecule has 0 spiro atoms. The zero-order chi connectivity index (χ0) is 16.4. The highest BCUT2D eigenvalue weighted by molar-refractivity contribution is 6.30. The van der Waals surface area contributed by atoms with Gasteiger partial charge in [-0.25, -0.2) is 9.78 Å². The lowest BCUT2D eigenvalue weighted by atomic mass is 10.1. The Balaban J connectivity index is 1.72. The molecule has 1 aliphatic carbocycles. The van der Waals surface area contributed by atoms with Crippen LogP contribution in [0.2, 0.25) is 5.02 Å². The smallest absolute Gasteiger partial charge is 0.319 e. The van der Waals surface area contributed by atoms with Crippen molar-refractivity contribution in [1.82, 2.24) is 14.9 Å². The van der Waals surface area contributed by atoms with E-state index >= 15 is 0 Å². The van der Waals surface area contributed by atoms with Gasteiger partial charge in [-0.1, -0.05) is 18.5 Å². The van der Waals surface area contributed by atoms with Gasteiger partial charge >= 0.3 is 6.03 Å². The first-order valence-electron chi connectivity index (χ1n) is 7.91. The summed E-state index contributed by atoms with van der Waals surface area (Å²) in [5.74, 6) is 1.37. The van der Waals surface area contributed by atoms with Crippen LogP contribution in [0, 0.1) is 5.92 Å². The largest absolute Gasteiger partial charge is 0.336 e. The third kappa shape index (κ3) is 3.67. The number of carbonyl (C=O) groups is 1. The lowest BCUT2D eigenvalue weighted by Crippen LogP contribution is -2.35. The van der Waals surface area contributed by atoms with Gasteiger partial charge in [0, 0.05) is 30.2 Å². The van der Waals surface area contributed by atoms with Gasteiger partial charge in [0.05, 0.1) is 6.04 Å². The lowest BCUT2D eigenvalue weighted by molar-refractivity contribution is 0.246. The minimum atomic E-state index is -0.207. The standard InChI is InChI=1S/C17H21ClN4O/c1-3-11-10-13(18)6-7-14(11)20-17(23)21-15(12-4-5-12)16-19-8-9-22(16)2/h6-10,12,15H,3-5H2,1-2H3,(H2,20,21,23)/t15-/m0/s1. The molecule has 1 saturated carbocycles. The summed E-state index contributed by atoms with van der Waals surface area (Å²) in [6.07, 6.45) is 6.72. The fourth-order valence-corrected chi connectivity index (χ4v) is 2.97. The molecule has 2 amide bonds. The SMILES string of the molecule is CCc1cc(Cl)ccc1NC(=O)N[C@H](c1nccn1C)C1CC1. The molecule has 1 aromatic carbocycles. The zero-order valence-electron chi connectivity index (χ0n) is 13.3. The molecule has 0 bridgehead atoms. The van der Waals surface area contributed by atoms with Gasteiger partial charge in [0.1, 0.15) is 5.82 Å². The van der Waals surface area contributed by atoms with E-state index in [1.54, 1.807) is 12.3 Å². The number of amides is 2. The number of anilines is 1. The van der Waals surface area contributed by atoms with E-state index in [4.69, 9.17) is 11.6 Å². The quantitative estimate of drug-likeness (QED) is 0.872. The number of halogens is 1. The lowest BCUT2D eigenvalue weighted by Gasteiger charge is -2.19. The van der Waals surface area contributed by atoms with Crippen LogP contribution in [0.4, 0.5) is 10.5 Å². The van der Waals surface area contributed by atoms with Crippen LogP contribution in [0.5, 0.6) is 0 Å². The van der Waals surface area contributed by atoms with Gasteiger partial charge in [-0.2, -0.15) is 0 Å². The number of rotatable bonds is 5. The van der Waals surface area contributed by atoms with Crippen LogP contribution in [0.1, 0.15) is 37.2 Å². The highest BCUT2D eigenvalue weighted by Crippen LogP contribution is 2.40. The van der Waals surface area contributed by atoms with E-state index in [0.29, 0.717) is 10.9 Å². The van der Waals surface area contributed by atoms with Crippen molar-refractivity contribution in [1.29, 1.82) is 0 Å². The third-order valence-corrected chi connectivity index (χ3v) is 4.45. The van der Waals surface area contributed by atoms with Crippen LogP contribution < -0.4 is 10.6 Å². The average molecular weight is 333 g/mol. The Morgan fingerprint density at radius 1 is 1.48 bits per heavy atom. The highest BCUT2D eigenvalue weighted by Gasteiger charge is 2.35. The Labute approximate surface area is 141 Å². The van der Waals surface area contributed by atoms with Crippen molar-refractivity contribution in [2.75, 3.05) is 5.32 Å². The van der Waals surface area contributed by atoms with E-state index < -0.39 is 0 Å². The first-order chi connectivity index (χ1) is 11.1. The molecular weight excluding hydrogens is 312 g/mol. The van der Waals surface area contributed by atoms with Crippen molar-refractivity contribution in [3.8, 4) is 0 Å². The van der Waals surface area contributed by atoms with Gasteiger partial charge in [0.15, 0.2) is 0 Å². The Bertz CT molecular complexity index is 708. The number of hydrogen-bond acceptors (Lipinski definition) is 2. The van der Waals surface area contributed by atoms with E-state index in [1.807, 2.05) is 36.9 Å². The van der Waals surface area contributed by atoms with Crippen molar-refractivity contribution < 1.29 is 4.79 Å². The first kappa shape index (κ1) is 15.9. The number of nitrogens with one attached hydrogen (secondary N) is 2. The van der Waals surface area contributed by atoms with Gasteiger partial charge in [0.2, 0.25) is 0 Å². The van der Waals surface area contributed by atoms with Gasteiger partial charge in [-0.3, -0.25) is 0 Å². The molecule has 6 heteroatoms. The second-order valence-electron chi connectivity index (χ2n) is 5.96. The molecule has 0 saturated heterocycles. The number of benzene rings is 1. The number of hydrogen-bond donors (Lipinski definition) is 2. The topological polar surface area (TPSA) is 59.0 Å². The van der Waals surface area contributed by atoms with Crippen molar-refractivity contribution in [3.05, 3.63) is 47.0 Å². The number of aromatic nitrogens is 2. The third-order valence-electron chi connectivity index (χ3n) is 4.21. The molecule has 1 atom stereocenters. The summed E-state index contributed by atoms with van der Waals surface area (Å²) in [7, 11) is 1.95. The van der Waals surface area contributed by atoms with E-state index in [9.17, 15) is 4.79 Å². The van der Waals surface area contributed by atoms with Crippen LogP contribution >= 0.6 is 11.6 Å². The summed E-state index contributed by atoms with van der Waals surface area (Å²) in [5, 5.41) is 6.69. The zero-order valence-corrected chi connectivity index (χ0v) is 14.1. The number of urea groups is 1. The maximum absolute atomic E-state index is 12.4. The Morgan fingerprint density at radius 3 is 2.87 bits per heavy atom. The molecule has 1 aromatic heterocycles. The second-order valence-corrected chi connectivity index (χ2v) is 6.40. The number of aryl methyl sites for hydroxylation is 2. The molecule has 5 nitrogen and oxygen atoms in total. The van der Waals surface area contributed by atoms with Gasteiger partial charge in [-0.15, -0.1) is 0 Å². The van der Waals surface area contributed by atoms with Crippen LogP contribution in [0.25, 0.3) is 0 Å². The predicted octanol–water partition coefficient (Wildman–Crippen LogP) is 3.91. The van der Waals surface area contributed by atoms with Gasteiger partial charge in [0.25, 0.3) is 0 Å². The van der Waals surface area contributed by atoms with Crippen molar-refractivity contribution in [2.45, 2.75) is 32.2 Å². The fourth-order valence-electron chi connectivity index (χ4n) is 2.78. The molecule has 1 aliphatic rings. The predicted molar refractivity (Wildman–Crippen MR) is 91.7 cm³/mol. The minimum absolute atomic E-state index is 0.0487. The van der Waals surface area contributed by atoms with Crippen LogP contribution in [-0.4, -0.2) is 15.6 Å². The summed E-state index contributed by atoms with van der Waals surface area (Å²) in [5.41, 5.74) is 1.82. The Hall–Kier alpha value is -2.01. The molecule has 0 radical (unpaired) electrons. The molecule has 3 rings (SSSR count). The Morgan fingerprint density at radius 2 is 2.26 bits per heavy atom. The number of imidazole rings is 1. The maximum Gasteiger partial charge on any atom is 0.319 e. The first-order valence-corrected chi connectivity index (χ1v) is 8.29. The fraction of sp³-hybridized carbons (Fsp3) is 0.412. The number of carbonyl (C=O) groups excluding carboxylic acids is 1. The summed E-state index contributed by atoms with van der Waals surface area (Å²) in [6, 6.07) is 5.25. The molecule has 23 heavy (non-hydrogen) atoms. The van der Waals surface area contributed by atoms with Gasteiger partial charge < -0.3 is 15.2 Å². The minimum Gasteiger partial charge on any atom is -0.336 e. The molecule has 0 aliphatic heterocycles. The van der Waals surface area contributed by atoms with Gasteiger partial charge in [-0.05, 0) is 48.9 Å². The molecule has 1 fully saturated rings. The average Bonchev–Trinajstić information content (AvgIpc) is 3.28. The second kappa shape index (κ2) is 6.62. The van der Waals surface area contributed by atoms with Crippen LogP contribution in [0.3, 0.4) is 0 Å².